The zero-order chi connectivity index (χ0) is 15.2. The van der Waals surface area contributed by atoms with E-state index in [9.17, 15) is 0 Å². The van der Waals surface area contributed by atoms with Crippen molar-refractivity contribution in [3.8, 4) is 0 Å². The zero-order valence-corrected chi connectivity index (χ0v) is 15.4. The van der Waals surface area contributed by atoms with Crippen LogP contribution in [0.25, 0.3) is 0 Å². The number of benzene rings is 1. The molecule has 1 heterocycles. The van der Waals surface area contributed by atoms with Gasteiger partial charge in [0.25, 0.3) is 0 Å². The Kier molecular flexibility index (Phi) is 7.30. The maximum atomic E-state index is 5.85. The van der Waals surface area contributed by atoms with Crippen LogP contribution in [0.1, 0.15) is 37.0 Å². The van der Waals surface area contributed by atoms with E-state index in [1.54, 1.807) is 0 Å². The van der Waals surface area contributed by atoms with Gasteiger partial charge in [0.2, 0.25) is 5.89 Å². The molecule has 6 nitrogen and oxygen atoms in total. The fourth-order valence-corrected chi connectivity index (χ4v) is 1.79. The summed E-state index contributed by atoms with van der Waals surface area (Å²) in [4.78, 5) is 8.55. The van der Waals surface area contributed by atoms with E-state index in [1.807, 2.05) is 45.0 Å². The molecule has 120 valence electrons. The van der Waals surface area contributed by atoms with Gasteiger partial charge in [-0.2, -0.15) is 4.98 Å². The normalized spacial score (nSPS) is 11.4. The Morgan fingerprint density at radius 1 is 1.41 bits per heavy atom. The average Bonchev–Trinajstić information content (AvgIpc) is 2.87. The van der Waals surface area contributed by atoms with Crippen LogP contribution in [-0.2, 0) is 6.42 Å². The van der Waals surface area contributed by atoms with Gasteiger partial charge in [-0.3, -0.25) is 4.99 Å². The number of guanidine groups is 1. The van der Waals surface area contributed by atoms with E-state index < -0.39 is 0 Å². The van der Waals surface area contributed by atoms with Crippen molar-refractivity contribution in [3.63, 3.8) is 0 Å². The van der Waals surface area contributed by atoms with Crippen LogP contribution in [-0.4, -0.2) is 22.6 Å². The zero-order valence-electron chi connectivity index (χ0n) is 13.0. The van der Waals surface area contributed by atoms with Gasteiger partial charge in [0.15, 0.2) is 11.8 Å². The van der Waals surface area contributed by atoms with Crippen molar-refractivity contribution in [1.29, 1.82) is 0 Å². The number of hydrogen-bond acceptors (Lipinski definition) is 4. The maximum Gasteiger partial charge on any atom is 0.228 e. The summed E-state index contributed by atoms with van der Waals surface area (Å²) in [5, 5.41) is 6.96. The number of nitrogens with zero attached hydrogens (tertiary/aromatic N) is 3. The van der Waals surface area contributed by atoms with E-state index in [0.717, 1.165) is 11.5 Å². The Morgan fingerprint density at radius 2 is 2.18 bits per heavy atom. The predicted octanol–water partition coefficient (Wildman–Crippen LogP) is 3.09. The van der Waals surface area contributed by atoms with Gasteiger partial charge in [-0.25, -0.2) is 0 Å². The lowest BCUT2D eigenvalue weighted by molar-refractivity contribution is 0.372. The number of aryl methyl sites for hydroxylation is 1. The van der Waals surface area contributed by atoms with Crippen LogP contribution in [0.2, 0.25) is 0 Å². The Hall–Kier alpha value is -1.64. The monoisotopic (exact) mass is 415 g/mol. The molecule has 0 unspecified atom stereocenters. The van der Waals surface area contributed by atoms with Crippen molar-refractivity contribution in [2.45, 2.75) is 33.1 Å². The van der Waals surface area contributed by atoms with Crippen molar-refractivity contribution in [3.05, 3.63) is 41.5 Å². The summed E-state index contributed by atoms with van der Waals surface area (Å²) in [6.45, 7) is 6.58. The summed E-state index contributed by atoms with van der Waals surface area (Å²) in [6, 6.07) is 7.95. The van der Waals surface area contributed by atoms with Crippen molar-refractivity contribution < 1.29 is 4.52 Å². The molecule has 0 saturated heterocycles. The Labute approximate surface area is 147 Å². The highest BCUT2D eigenvalue weighted by Gasteiger charge is 2.08. The second-order valence-electron chi connectivity index (χ2n) is 5.21. The fraction of sp³-hybridized carbons (Fsp3) is 0.400. The van der Waals surface area contributed by atoms with E-state index in [2.05, 4.69) is 20.4 Å². The van der Waals surface area contributed by atoms with Crippen molar-refractivity contribution in [2.75, 3.05) is 11.9 Å². The van der Waals surface area contributed by atoms with Gasteiger partial charge in [0, 0.05) is 18.0 Å². The molecular formula is C15H22IN5O. The highest BCUT2D eigenvalue weighted by Crippen LogP contribution is 2.10. The molecule has 2 rings (SSSR count). The van der Waals surface area contributed by atoms with Crippen molar-refractivity contribution >= 4 is 35.6 Å². The standard InChI is InChI=1S/C15H21N5O.HI/c1-10(2)14-19-13(21-20-14)7-8-17-15(16)18-12-6-4-5-11(3)9-12;/h4-6,9-10H,7-8H2,1-3H3,(H3,16,17,18);1H. The van der Waals surface area contributed by atoms with Crippen molar-refractivity contribution in [1.82, 2.24) is 10.1 Å². The van der Waals surface area contributed by atoms with Crippen LogP contribution in [0.5, 0.6) is 0 Å². The second kappa shape index (κ2) is 8.72. The molecule has 0 amide bonds. The Balaban J connectivity index is 0.00000242. The molecule has 0 fully saturated rings. The number of nitrogens with one attached hydrogen (secondary N) is 1. The van der Waals surface area contributed by atoms with E-state index in [0.29, 0.717) is 24.8 Å². The number of anilines is 1. The van der Waals surface area contributed by atoms with Crippen LogP contribution in [0.3, 0.4) is 0 Å². The number of aliphatic imine (C=N–C) groups is 1. The van der Waals surface area contributed by atoms with Gasteiger partial charge >= 0.3 is 0 Å². The molecule has 0 saturated carbocycles. The second-order valence-corrected chi connectivity index (χ2v) is 5.21. The average molecular weight is 415 g/mol. The van der Waals surface area contributed by atoms with Crippen LogP contribution in [0.15, 0.2) is 33.8 Å². The Morgan fingerprint density at radius 3 is 2.82 bits per heavy atom. The van der Waals surface area contributed by atoms with Crippen LogP contribution in [0.4, 0.5) is 5.69 Å². The van der Waals surface area contributed by atoms with Gasteiger partial charge in [-0.15, -0.1) is 24.0 Å². The maximum absolute atomic E-state index is 5.85. The third-order valence-electron chi connectivity index (χ3n) is 2.90. The summed E-state index contributed by atoms with van der Waals surface area (Å²) in [5.41, 5.74) is 7.94. The minimum absolute atomic E-state index is 0. The molecule has 0 radical (unpaired) electrons. The number of halogens is 1. The first-order valence-electron chi connectivity index (χ1n) is 7.00. The van der Waals surface area contributed by atoms with Gasteiger partial charge in [0.1, 0.15) is 0 Å². The molecule has 3 N–H and O–H groups in total. The molecule has 0 aliphatic rings. The van der Waals surface area contributed by atoms with E-state index in [-0.39, 0.29) is 29.9 Å². The van der Waals surface area contributed by atoms with Gasteiger partial charge in [-0.1, -0.05) is 31.1 Å². The Bertz CT molecular complexity index is 624. The van der Waals surface area contributed by atoms with E-state index in [4.69, 9.17) is 10.3 Å². The summed E-state index contributed by atoms with van der Waals surface area (Å²) >= 11 is 0. The molecular weight excluding hydrogens is 393 g/mol. The highest BCUT2D eigenvalue weighted by molar-refractivity contribution is 14.0. The largest absolute Gasteiger partial charge is 0.370 e. The third-order valence-corrected chi connectivity index (χ3v) is 2.90. The molecule has 2 aromatic rings. The summed E-state index contributed by atoms with van der Waals surface area (Å²) in [6.07, 6.45) is 0.579. The SMILES string of the molecule is Cc1cccc(NC(N)=NCCc2nc(C(C)C)no2)c1.I. The molecule has 0 aliphatic heterocycles. The first kappa shape index (κ1) is 18.4. The summed E-state index contributed by atoms with van der Waals surface area (Å²) in [5.74, 6) is 1.95. The quantitative estimate of drug-likeness (QED) is 0.445. The molecule has 0 bridgehead atoms. The summed E-state index contributed by atoms with van der Waals surface area (Å²) in [7, 11) is 0. The first-order valence-corrected chi connectivity index (χ1v) is 7.00. The summed E-state index contributed by atoms with van der Waals surface area (Å²) < 4.78 is 5.15. The molecule has 1 aromatic heterocycles. The van der Waals surface area contributed by atoms with E-state index in [1.165, 1.54) is 5.56 Å². The smallest absolute Gasteiger partial charge is 0.228 e. The van der Waals surface area contributed by atoms with Gasteiger partial charge < -0.3 is 15.6 Å². The van der Waals surface area contributed by atoms with Crippen LogP contribution >= 0.6 is 24.0 Å². The van der Waals surface area contributed by atoms with Gasteiger partial charge in [-0.05, 0) is 24.6 Å². The lowest BCUT2D eigenvalue weighted by Gasteiger charge is -2.05. The van der Waals surface area contributed by atoms with Crippen LogP contribution < -0.4 is 11.1 Å². The van der Waals surface area contributed by atoms with Crippen molar-refractivity contribution in [2.24, 2.45) is 10.7 Å². The highest BCUT2D eigenvalue weighted by atomic mass is 127. The fourth-order valence-electron chi connectivity index (χ4n) is 1.79. The number of rotatable bonds is 5. The minimum Gasteiger partial charge on any atom is -0.370 e. The number of aromatic nitrogens is 2. The molecule has 0 aliphatic carbocycles. The molecule has 7 heteroatoms. The minimum atomic E-state index is 0. The lowest BCUT2D eigenvalue weighted by atomic mass is 10.2. The predicted molar refractivity (Wildman–Crippen MR) is 98.8 cm³/mol. The molecule has 0 spiro atoms. The number of hydrogen-bond donors (Lipinski definition) is 2. The molecule has 22 heavy (non-hydrogen) atoms. The lowest BCUT2D eigenvalue weighted by Crippen LogP contribution is -2.23. The topological polar surface area (TPSA) is 89.3 Å². The first-order chi connectivity index (χ1) is 10.0. The van der Waals surface area contributed by atoms with E-state index >= 15 is 0 Å². The van der Waals surface area contributed by atoms with Gasteiger partial charge in [0.05, 0.1) is 6.54 Å². The molecule has 0 atom stereocenters. The number of nitrogens with two attached hydrogens (primary N) is 1. The van der Waals surface area contributed by atoms with Crippen LogP contribution in [0, 0.1) is 6.92 Å². The molecule has 1 aromatic carbocycles. The third kappa shape index (κ3) is 5.63.